The van der Waals surface area contributed by atoms with Crippen molar-refractivity contribution >= 4 is 11.6 Å². The molecule has 2 atom stereocenters. The molecule has 0 spiro atoms. The van der Waals surface area contributed by atoms with Crippen molar-refractivity contribution in [1.29, 1.82) is 0 Å². The summed E-state index contributed by atoms with van der Waals surface area (Å²) in [4.78, 5) is 31.6. The first-order valence-electron chi connectivity index (χ1n) is 12.5. The third-order valence-corrected chi connectivity index (χ3v) is 6.89. The minimum Gasteiger partial charge on any atom is -1.00 e. The molecule has 0 radical (unpaired) electrons. The molecule has 0 bridgehead atoms. The van der Waals surface area contributed by atoms with Crippen LogP contribution in [-0.2, 0) is 9.47 Å². The second kappa shape index (κ2) is 14.5. The zero-order valence-corrected chi connectivity index (χ0v) is 21.1. The molecule has 0 amide bonds. The van der Waals surface area contributed by atoms with Crippen LogP contribution in [0.4, 0.5) is 0 Å². The van der Waals surface area contributed by atoms with Gasteiger partial charge >= 0.3 is 0 Å². The van der Waals surface area contributed by atoms with Crippen LogP contribution in [0.2, 0.25) is 0 Å². The molecule has 0 aliphatic carbocycles. The van der Waals surface area contributed by atoms with Crippen LogP contribution < -0.4 is 12.4 Å². The zero-order chi connectivity index (χ0) is 23.6. The van der Waals surface area contributed by atoms with E-state index in [4.69, 9.17) is 9.47 Å². The summed E-state index contributed by atoms with van der Waals surface area (Å²) in [6.45, 7) is 7.63. The lowest BCUT2D eigenvalue weighted by Gasteiger charge is -2.32. The predicted octanol–water partition coefficient (Wildman–Crippen LogP) is 0.433. The highest BCUT2D eigenvalue weighted by Gasteiger charge is 2.29. The summed E-state index contributed by atoms with van der Waals surface area (Å²) >= 11 is 0. The Labute approximate surface area is 215 Å². The Kier molecular flexibility index (Phi) is 11.4. The number of halogens is 1. The maximum Gasteiger partial charge on any atom is 0.167 e. The fourth-order valence-corrected chi connectivity index (χ4v) is 4.88. The molecule has 35 heavy (non-hydrogen) atoms. The average molecular weight is 500 g/mol. The number of rotatable bonds is 11. The maximum absolute atomic E-state index is 13.5. The van der Waals surface area contributed by atoms with E-state index in [1.807, 2.05) is 60.7 Å². The van der Waals surface area contributed by atoms with Crippen LogP contribution in [0.15, 0.2) is 60.7 Å². The van der Waals surface area contributed by atoms with Crippen LogP contribution in [-0.4, -0.2) is 87.1 Å². The van der Waals surface area contributed by atoms with Gasteiger partial charge in [0.05, 0.1) is 26.4 Å². The maximum atomic E-state index is 13.5. The number of morpholine rings is 2. The average Bonchev–Trinajstić information content (AvgIpc) is 2.91. The molecular weight excluding hydrogens is 464 g/mol. The van der Waals surface area contributed by atoms with Crippen molar-refractivity contribution in [3.8, 4) is 0 Å². The molecule has 2 aromatic rings. The summed E-state index contributed by atoms with van der Waals surface area (Å²) in [5.41, 5.74) is 1.50. The van der Waals surface area contributed by atoms with Crippen molar-refractivity contribution < 1.29 is 31.5 Å². The molecule has 2 saturated heterocycles. The standard InChI is InChI=1S/C28H36N2O4.ClH/c31-27(23-7-3-1-4-8-23)25(21-29-13-17-33-18-14-29)11-12-26(22-30-15-19-34-20-16-30)28(32)24-9-5-2-6-10-24;/h1-10,25-26H,11-22H2;1H/p-1. The highest BCUT2D eigenvalue weighted by molar-refractivity contribution is 5.99. The lowest BCUT2D eigenvalue weighted by atomic mass is 9.86. The quantitative estimate of drug-likeness (QED) is 0.418. The first-order valence-corrected chi connectivity index (χ1v) is 12.5. The smallest absolute Gasteiger partial charge is 0.167 e. The normalized spacial score (nSPS) is 18.9. The highest BCUT2D eigenvalue weighted by atomic mass is 35.5. The van der Waals surface area contributed by atoms with E-state index in [1.165, 1.54) is 0 Å². The number of ether oxygens (including phenoxy) is 2. The summed E-state index contributed by atoms with van der Waals surface area (Å²) in [6, 6.07) is 19.1. The van der Waals surface area contributed by atoms with E-state index in [9.17, 15) is 9.59 Å². The molecule has 0 N–H and O–H groups in total. The van der Waals surface area contributed by atoms with Crippen molar-refractivity contribution in [3.05, 3.63) is 71.8 Å². The minimum absolute atomic E-state index is 0. The van der Waals surface area contributed by atoms with Crippen molar-refractivity contribution in [1.82, 2.24) is 9.80 Å². The Balaban J connectivity index is 0.00000342. The van der Waals surface area contributed by atoms with Crippen molar-refractivity contribution in [2.75, 3.05) is 65.7 Å². The first kappa shape index (κ1) is 27.5. The topological polar surface area (TPSA) is 59.1 Å². The van der Waals surface area contributed by atoms with E-state index in [-0.39, 0.29) is 35.8 Å². The summed E-state index contributed by atoms with van der Waals surface area (Å²) < 4.78 is 11.0. The zero-order valence-electron chi connectivity index (χ0n) is 20.3. The number of benzene rings is 2. The van der Waals surface area contributed by atoms with Crippen LogP contribution in [0.3, 0.4) is 0 Å². The number of hydrogen-bond acceptors (Lipinski definition) is 6. The molecule has 0 saturated carbocycles. The van der Waals surface area contributed by atoms with E-state index in [2.05, 4.69) is 9.80 Å². The molecule has 2 aliphatic rings. The van der Waals surface area contributed by atoms with Gasteiger partial charge in [-0.2, -0.15) is 0 Å². The Hall–Kier alpha value is -2.09. The van der Waals surface area contributed by atoms with Gasteiger partial charge in [-0.05, 0) is 12.8 Å². The van der Waals surface area contributed by atoms with Gasteiger partial charge in [-0.3, -0.25) is 19.4 Å². The molecule has 6 nitrogen and oxygen atoms in total. The summed E-state index contributed by atoms with van der Waals surface area (Å²) in [5.74, 6) is 0.0567. The minimum atomic E-state index is -0.142. The third kappa shape index (κ3) is 8.23. The van der Waals surface area contributed by atoms with Gasteiger partial charge in [0.15, 0.2) is 11.6 Å². The highest BCUT2D eigenvalue weighted by Crippen LogP contribution is 2.23. The lowest BCUT2D eigenvalue weighted by molar-refractivity contribution is -0.0000236. The molecule has 2 aliphatic heterocycles. The fraction of sp³-hybridized carbons (Fsp3) is 0.500. The van der Waals surface area contributed by atoms with E-state index < -0.39 is 0 Å². The van der Waals surface area contributed by atoms with Gasteiger partial charge in [-0.1, -0.05) is 60.7 Å². The summed E-state index contributed by atoms with van der Waals surface area (Å²) in [5, 5.41) is 0. The van der Waals surface area contributed by atoms with Crippen molar-refractivity contribution in [2.24, 2.45) is 11.8 Å². The monoisotopic (exact) mass is 499 g/mol. The summed E-state index contributed by atoms with van der Waals surface area (Å²) in [7, 11) is 0. The molecule has 7 heteroatoms. The SMILES string of the molecule is O=C(c1ccccc1)C(CCC(CN1CCOCC1)C(=O)c1ccccc1)CN1CCOCC1.[Cl-]. The molecule has 2 heterocycles. The van der Waals surface area contributed by atoms with E-state index in [0.717, 1.165) is 37.3 Å². The Morgan fingerprint density at radius 3 is 1.31 bits per heavy atom. The number of carbonyl (C=O) groups is 2. The molecule has 2 aromatic carbocycles. The van der Waals surface area contributed by atoms with Crippen LogP contribution in [0.5, 0.6) is 0 Å². The van der Waals surface area contributed by atoms with Crippen LogP contribution in [0, 0.1) is 11.8 Å². The van der Waals surface area contributed by atoms with Gasteiger partial charge in [0, 0.05) is 62.2 Å². The van der Waals surface area contributed by atoms with Gasteiger partial charge in [-0.25, -0.2) is 0 Å². The fourth-order valence-electron chi connectivity index (χ4n) is 4.88. The van der Waals surface area contributed by atoms with Gasteiger partial charge in [0.1, 0.15) is 0 Å². The van der Waals surface area contributed by atoms with E-state index in [1.54, 1.807) is 0 Å². The van der Waals surface area contributed by atoms with E-state index in [0.29, 0.717) is 52.4 Å². The third-order valence-electron chi connectivity index (χ3n) is 6.89. The van der Waals surface area contributed by atoms with Crippen LogP contribution >= 0.6 is 0 Å². The second-order valence-corrected chi connectivity index (χ2v) is 9.26. The molecule has 190 valence electrons. The Morgan fingerprint density at radius 1 is 0.629 bits per heavy atom. The predicted molar refractivity (Wildman–Crippen MR) is 132 cm³/mol. The number of carbonyl (C=O) groups excluding carboxylic acids is 2. The van der Waals surface area contributed by atoms with Crippen LogP contribution in [0.25, 0.3) is 0 Å². The number of ketones is 2. The molecule has 2 unspecified atom stereocenters. The van der Waals surface area contributed by atoms with Crippen molar-refractivity contribution in [2.45, 2.75) is 12.8 Å². The Bertz CT molecular complexity index is 824. The van der Waals surface area contributed by atoms with Gasteiger partial charge in [0.2, 0.25) is 0 Å². The summed E-state index contributed by atoms with van der Waals surface area (Å²) in [6.07, 6.45) is 1.39. The lowest BCUT2D eigenvalue weighted by Crippen LogP contribution is -3.00. The number of nitrogens with zero attached hydrogens (tertiary/aromatic N) is 2. The van der Waals surface area contributed by atoms with Crippen molar-refractivity contribution in [3.63, 3.8) is 0 Å². The van der Waals surface area contributed by atoms with Gasteiger partial charge < -0.3 is 21.9 Å². The van der Waals surface area contributed by atoms with E-state index >= 15 is 0 Å². The molecular formula is C28H36ClN2O4-. The number of Topliss-reactive ketones (excluding diaryl/α,β-unsaturated/α-hetero) is 2. The van der Waals surface area contributed by atoms with Gasteiger partial charge in [0.25, 0.3) is 0 Å². The van der Waals surface area contributed by atoms with Gasteiger partial charge in [-0.15, -0.1) is 0 Å². The molecule has 0 aromatic heterocycles. The molecule has 2 fully saturated rings. The molecule has 4 rings (SSSR count). The second-order valence-electron chi connectivity index (χ2n) is 9.26. The largest absolute Gasteiger partial charge is 1.00 e. The van der Waals surface area contributed by atoms with Crippen LogP contribution in [0.1, 0.15) is 33.6 Å². The Morgan fingerprint density at radius 2 is 0.971 bits per heavy atom. The number of hydrogen-bond donors (Lipinski definition) is 0. The first-order chi connectivity index (χ1) is 16.7.